The van der Waals surface area contributed by atoms with Crippen molar-refractivity contribution >= 4 is 5.91 Å². The second-order valence-electron chi connectivity index (χ2n) is 4.80. The predicted molar refractivity (Wildman–Crippen MR) is 71.8 cm³/mol. The number of aliphatic hydroxyl groups is 2. The minimum atomic E-state index is -0.857. The van der Waals surface area contributed by atoms with Crippen LogP contribution < -0.4 is 9.47 Å². The van der Waals surface area contributed by atoms with Crippen molar-refractivity contribution in [3.63, 3.8) is 0 Å². The first kappa shape index (κ1) is 14.6. The van der Waals surface area contributed by atoms with E-state index in [9.17, 15) is 15.0 Å². The molecule has 0 radical (unpaired) electrons. The zero-order chi connectivity index (χ0) is 14.7. The average Bonchev–Trinajstić information content (AvgIpc) is 2.78. The number of nitrogens with zero attached hydrogens (tertiary/aromatic N) is 1. The van der Waals surface area contributed by atoms with E-state index in [1.807, 2.05) is 0 Å². The van der Waals surface area contributed by atoms with Crippen LogP contribution in [-0.4, -0.2) is 60.5 Å². The van der Waals surface area contributed by atoms with Crippen LogP contribution >= 0.6 is 0 Å². The van der Waals surface area contributed by atoms with Crippen molar-refractivity contribution in [1.29, 1.82) is 0 Å². The standard InChI is InChI=1S/C14H19NO5/c1-19-12-4-3-9(5-13(12)20-2)6-14(18)15-7-10(16)11(17)8-15/h3-5,10-11,16-17H,6-8H2,1-2H3. The topological polar surface area (TPSA) is 79.2 Å². The molecule has 1 aromatic rings. The third-order valence-electron chi connectivity index (χ3n) is 3.42. The van der Waals surface area contributed by atoms with Crippen molar-refractivity contribution in [3.05, 3.63) is 23.8 Å². The summed E-state index contributed by atoms with van der Waals surface area (Å²) in [4.78, 5) is 13.6. The van der Waals surface area contributed by atoms with Gasteiger partial charge in [-0.1, -0.05) is 6.07 Å². The van der Waals surface area contributed by atoms with E-state index >= 15 is 0 Å². The van der Waals surface area contributed by atoms with Crippen LogP contribution in [0.1, 0.15) is 5.56 Å². The predicted octanol–water partition coefficient (Wildman–Crippen LogP) is -0.190. The number of ether oxygens (including phenoxy) is 2. The Balaban J connectivity index is 2.05. The lowest BCUT2D eigenvalue weighted by Gasteiger charge is -2.16. The molecule has 6 nitrogen and oxygen atoms in total. The molecule has 0 aliphatic carbocycles. The number of carbonyl (C=O) groups excluding carboxylic acids is 1. The number of aliphatic hydroxyl groups excluding tert-OH is 2. The summed E-state index contributed by atoms with van der Waals surface area (Å²) in [6.45, 7) is 0.348. The van der Waals surface area contributed by atoms with Gasteiger partial charge in [0.1, 0.15) is 0 Å². The van der Waals surface area contributed by atoms with Crippen molar-refractivity contribution in [2.45, 2.75) is 18.6 Å². The van der Waals surface area contributed by atoms with E-state index in [2.05, 4.69) is 0 Å². The van der Waals surface area contributed by atoms with E-state index in [1.165, 1.54) is 12.0 Å². The fraction of sp³-hybridized carbons (Fsp3) is 0.500. The molecular weight excluding hydrogens is 262 g/mol. The summed E-state index contributed by atoms with van der Waals surface area (Å²) in [5.74, 6) is 1.04. The Labute approximate surface area is 117 Å². The second-order valence-corrected chi connectivity index (χ2v) is 4.80. The summed E-state index contributed by atoms with van der Waals surface area (Å²) >= 11 is 0. The SMILES string of the molecule is COc1ccc(CC(=O)N2CC(O)C(O)C2)cc1OC. The van der Waals surface area contributed by atoms with Gasteiger partial charge in [-0.05, 0) is 17.7 Å². The molecule has 0 aromatic heterocycles. The van der Waals surface area contributed by atoms with Gasteiger partial charge in [-0.2, -0.15) is 0 Å². The number of hydrogen-bond acceptors (Lipinski definition) is 5. The van der Waals surface area contributed by atoms with E-state index < -0.39 is 12.2 Å². The molecule has 1 heterocycles. The van der Waals surface area contributed by atoms with E-state index in [4.69, 9.17) is 9.47 Å². The molecular formula is C14H19NO5. The molecule has 1 aromatic carbocycles. The van der Waals surface area contributed by atoms with Crippen molar-refractivity contribution < 1.29 is 24.5 Å². The fourth-order valence-corrected chi connectivity index (χ4v) is 2.25. The summed E-state index contributed by atoms with van der Waals surface area (Å²) in [7, 11) is 3.09. The normalized spacial score (nSPS) is 21.9. The number of benzene rings is 1. The smallest absolute Gasteiger partial charge is 0.227 e. The van der Waals surface area contributed by atoms with E-state index in [0.717, 1.165) is 5.56 Å². The molecule has 20 heavy (non-hydrogen) atoms. The Hall–Kier alpha value is -1.79. The summed E-state index contributed by atoms with van der Waals surface area (Å²) in [5.41, 5.74) is 0.795. The van der Waals surface area contributed by atoms with E-state index in [0.29, 0.717) is 11.5 Å². The van der Waals surface area contributed by atoms with Crippen LogP contribution in [0.2, 0.25) is 0 Å². The minimum Gasteiger partial charge on any atom is -0.493 e. The Morgan fingerprint density at radius 3 is 2.35 bits per heavy atom. The molecule has 110 valence electrons. The monoisotopic (exact) mass is 281 g/mol. The summed E-state index contributed by atoms with van der Waals surface area (Å²) in [6, 6.07) is 5.29. The molecule has 0 saturated carbocycles. The van der Waals surface area contributed by atoms with Crippen LogP contribution in [0.25, 0.3) is 0 Å². The van der Waals surface area contributed by atoms with Crippen LogP contribution in [0.15, 0.2) is 18.2 Å². The quantitative estimate of drug-likeness (QED) is 0.800. The lowest BCUT2D eigenvalue weighted by molar-refractivity contribution is -0.129. The Morgan fingerprint density at radius 2 is 1.80 bits per heavy atom. The molecule has 2 unspecified atom stereocenters. The maximum absolute atomic E-state index is 12.1. The van der Waals surface area contributed by atoms with Crippen molar-refractivity contribution in [3.8, 4) is 11.5 Å². The fourth-order valence-electron chi connectivity index (χ4n) is 2.25. The van der Waals surface area contributed by atoms with Crippen LogP contribution in [-0.2, 0) is 11.2 Å². The van der Waals surface area contributed by atoms with Gasteiger partial charge in [0, 0.05) is 13.1 Å². The molecule has 1 amide bonds. The highest BCUT2D eigenvalue weighted by Crippen LogP contribution is 2.28. The molecule has 1 saturated heterocycles. The van der Waals surface area contributed by atoms with Crippen LogP contribution in [0.4, 0.5) is 0 Å². The maximum Gasteiger partial charge on any atom is 0.227 e. The van der Waals surface area contributed by atoms with Gasteiger partial charge in [0.2, 0.25) is 5.91 Å². The summed E-state index contributed by atoms with van der Waals surface area (Å²) < 4.78 is 10.3. The van der Waals surface area contributed by atoms with E-state index in [-0.39, 0.29) is 25.4 Å². The molecule has 0 bridgehead atoms. The van der Waals surface area contributed by atoms with E-state index in [1.54, 1.807) is 25.3 Å². The number of carbonyl (C=O) groups is 1. The molecule has 0 spiro atoms. The van der Waals surface area contributed by atoms with Crippen LogP contribution in [0.5, 0.6) is 11.5 Å². The molecule has 1 fully saturated rings. The maximum atomic E-state index is 12.1. The van der Waals surface area contributed by atoms with Crippen molar-refractivity contribution in [1.82, 2.24) is 4.90 Å². The number of likely N-dealkylation sites (tertiary alicyclic amines) is 1. The molecule has 2 N–H and O–H groups in total. The highest BCUT2D eigenvalue weighted by molar-refractivity contribution is 5.79. The first-order valence-corrected chi connectivity index (χ1v) is 6.40. The van der Waals surface area contributed by atoms with Gasteiger partial charge < -0.3 is 24.6 Å². The summed E-state index contributed by atoms with van der Waals surface area (Å²) in [6.07, 6.45) is -1.52. The van der Waals surface area contributed by atoms with Gasteiger partial charge in [-0.3, -0.25) is 4.79 Å². The third kappa shape index (κ3) is 3.02. The molecule has 2 rings (SSSR count). The highest BCUT2D eigenvalue weighted by Gasteiger charge is 2.32. The number of rotatable bonds is 4. The van der Waals surface area contributed by atoms with Gasteiger partial charge in [0.25, 0.3) is 0 Å². The number of β-amino-alcohol motifs (C(OH)–C–C–N with tert-alkyl or cyclic N) is 2. The zero-order valence-electron chi connectivity index (χ0n) is 11.6. The first-order valence-electron chi connectivity index (χ1n) is 6.40. The van der Waals surface area contributed by atoms with Gasteiger partial charge in [0.05, 0.1) is 32.8 Å². The first-order chi connectivity index (χ1) is 9.55. The van der Waals surface area contributed by atoms with Crippen LogP contribution in [0.3, 0.4) is 0 Å². The second kappa shape index (κ2) is 6.11. The molecule has 6 heteroatoms. The highest BCUT2D eigenvalue weighted by atomic mass is 16.5. The lowest BCUT2D eigenvalue weighted by atomic mass is 10.1. The van der Waals surface area contributed by atoms with Crippen molar-refractivity contribution in [2.75, 3.05) is 27.3 Å². The van der Waals surface area contributed by atoms with Gasteiger partial charge in [0.15, 0.2) is 11.5 Å². The lowest BCUT2D eigenvalue weighted by Crippen LogP contribution is -2.31. The number of hydrogen-bond donors (Lipinski definition) is 2. The Bertz CT molecular complexity index is 480. The Morgan fingerprint density at radius 1 is 1.20 bits per heavy atom. The Kier molecular flexibility index (Phi) is 4.46. The average molecular weight is 281 g/mol. The number of methoxy groups -OCH3 is 2. The molecule has 2 atom stereocenters. The molecule has 1 aliphatic heterocycles. The van der Waals surface area contributed by atoms with Gasteiger partial charge >= 0.3 is 0 Å². The zero-order valence-corrected chi connectivity index (χ0v) is 11.6. The third-order valence-corrected chi connectivity index (χ3v) is 3.42. The molecule has 1 aliphatic rings. The van der Waals surface area contributed by atoms with Gasteiger partial charge in [-0.15, -0.1) is 0 Å². The van der Waals surface area contributed by atoms with Crippen LogP contribution in [0, 0.1) is 0 Å². The minimum absolute atomic E-state index is 0.132. The number of amides is 1. The van der Waals surface area contributed by atoms with Crippen molar-refractivity contribution in [2.24, 2.45) is 0 Å². The largest absolute Gasteiger partial charge is 0.493 e. The van der Waals surface area contributed by atoms with Gasteiger partial charge in [-0.25, -0.2) is 0 Å². The summed E-state index contributed by atoms with van der Waals surface area (Å²) in [5, 5.41) is 18.9.